The third-order valence-corrected chi connectivity index (χ3v) is 4.41. The van der Waals surface area contributed by atoms with Gasteiger partial charge >= 0.3 is 0 Å². The van der Waals surface area contributed by atoms with E-state index in [0.717, 1.165) is 0 Å². The molecule has 5 nitrogen and oxygen atoms in total. The first-order valence-corrected chi connectivity index (χ1v) is 8.48. The second-order valence-corrected chi connectivity index (χ2v) is 6.28. The Kier molecular flexibility index (Phi) is 6.18. The van der Waals surface area contributed by atoms with Crippen LogP contribution < -0.4 is 14.2 Å². The second-order valence-electron chi connectivity index (χ2n) is 4.55. The molecule has 0 fully saturated rings. The molecular formula is C17H16FNO4S. The first-order chi connectivity index (χ1) is 11.5. The minimum absolute atomic E-state index is 0.0388. The number of rotatable bonds is 6. The van der Waals surface area contributed by atoms with Crippen LogP contribution in [-0.2, 0) is 10.0 Å². The summed E-state index contributed by atoms with van der Waals surface area (Å²) in [6.45, 7) is -0.141. The Balaban J connectivity index is 1.89. The van der Waals surface area contributed by atoms with Crippen molar-refractivity contribution in [3.05, 3.63) is 54.3 Å². The summed E-state index contributed by atoms with van der Waals surface area (Å²) in [6.07, 6.45) is 0. The highest BCUT2D eigenvalue weighted by Gasteiger charge is 2.17. The molecule has 2 aromatic carbocycles. The van der Waals surface area contributed by atoms with Gasteiger partial charge in [-0.2, -0.15) is 4.72 Å². The number of sulfonamides is 1. The van der Waals surface area contributed by atoms with Gasteiger partial charge in [0.05, 0.1) is 13.7 Å². The highest BCUT2D eigenvalue weighted by Crippen LogP contribution is 2.22. The van der Waals surface area contributed by atoms with E-state index in [4.69, 9.17) is 9.47 Å². The van der Waals surface area contributed by atoms with E-state index in [-0.39, 0.29) is 29.5 Å². The number of ether oxygens (including phenoxy) is 2. The topological polar surface area (TPSA) is 64.6 Å². The summed E-state index contributed by atoms with van der Waals surface area (Å²) in [5.41, 5.74) is 0. The van der Waals surface area contributed by atoms with Gasteiger partial charge in [0, 0.05) is 0 Å². The predicted octanol–water partition coefficient (Wildman–Crippen LogP) is 2.20. The zero-order chi connectivity index (χ0) is 17.4. The van der Waals surface area contributed by atoms with Gasteiger partial charge in [0.2, 0.25) is 10.0 Å². The molecule has 2 aromatic rings. The van der Waals surface area contributed by atoms with Crippen molar-refractivity contribution in [1.29, 1.82) is 0 Å². The summed E-state index contributed by atoms with van der Waals surface area (Å²) < 4.78 is 50.2. The Morgan fingerprint density at radius 2 is 1.71 bits per heavy atom. The maximum atomic E-state index is 13.3. The van der Waals surface area contributed by atoms with E-state index >= 15 is 0 Å². The van der Waals surface area contributed by atoms with Crippen LogP contribution in [0.25, 0.3) is 0 Å². The normalized spacial score (nSPS) is 10.6. The Morgan fingerprint density at radius 3 is 2.42 bits per heavy atom. The molecule has 0 saturated heterocycles. The molecule has 0 atom stereocenters. The van der Waals surface area contributed by atoms with E-state index in [1.807, 2.05) is 0 Å². The van der Waals surface area contributed by atoms with Crippen LogP contribution in [0.5, 0.6) is 11.5 Å². The molecular weight excluding hydrogens is 333 g/mol. The first-order valence-electron chi connectivity index (χ1n) is 7.00. The maximum Gasteiger partial charge on any atom is 0.245 e. The molecule has 2 rings (SSSR count). The lowest BCUT2D eigenvalue weighted by Crippen LogP contribution is -2.24. The monoisotopic (exact) mass is 349 g/mol. The number of methoxy groups -OCH3 is 1. The second kappa shape index (κ2) is 8.34. The lowest BCUT2D eigenvalue weighted by atomic mass is 10.3. The first kappa shape index (κ1) is 17.8. The fourth-order valence-corrected chi connectivity index (χ4v) is 2.93. The lowest BCUT2D eigenvalue weighted by molar-refractivity contribution is 0.348. The van der Waals surface area contributed by atoms with Crippen molar-refractivity contribution in [2.24, 2.45) is 0 Å². The van der Waals surface area contributed by atoms with Crippen LogP contribution in [0.15, 0.2) is 53.4 Å². The quantitative estimate of drug-likeness (QED) is 0.812. The molecule has 0 saturated carbocycles. The smallest absolute Gasteiger partial charge is 0.245 e. The highest BCUT2D eigenvalue weighted by atomic mass is 32.2. The Labute approximate surface area is 140 Å². The molecule has 0 aliphatic heterocycles. The van der Waals surface area contributed by atoms with Gasteiger partial charge in [-0.05, 0) is 24.3 Å². The highest BCUT2D eigenvalue weighted by molar-refractivity contribution is 7.89. The Hall–Kier alpha value is -2.56. The fraction of sp³-hybridized carbons (Fsp3) is 0.176. The SMILES string of the molecule is COc1ccccc1S(=O)(=O)NCC#CCOc1ccccc1F. The molecule has 1 N–H and O–H groups in total. The number of halogens is 1. The van der Waals surface area contributed by atoms with Crippen molar-refractivity contribution in [2.75, 3.05) is 20.3 Å². The van der Waals surface area contributed by atoms with Gasteiger partial charge < -0.3 is 9.47 Å². The molecule has 0 aliphatic carbocycles. The number of nitrogens with one attached hydrogen (secondary N) is 1. The van der Waals surface area contributed by atoms with Crippen molar-refractivity contribution in [1.82, 2.24) is 4.72 Å². The van der Waals surface area contributed by atoms with E-state index < -0.39 is 15.8 Å². The molecule has 24 heavy (non-hydrogen) atoms. The third kappa shape index (κ3) is 4.72. The van der Waals surface area contributed by atoms with Gasteiger partial charge in [0.25, 0.3) is 0 Å². The van der Waals surface area contributed by atoms with Gasteiger partial charge in [0.1, 0.15) is 17.3 Å². The Morgan fingerprint density at radius 1 is 1.04 bits per heavy atom. The van der Waals surface area contributed by atoms with Crippen LogP contribution in [0.1, 0.15) is 0 Å². The molecule has 126 valence electrons. The third-order valence-electron chi connectivity index (χ3n) is 2.97. The molecule has 0 aliphatic rings. The minimum Gasteiger partial charge on any atom is -0.495 e. The van der Waals surface area contributed by atoms with E-state index in [1.54, 1.807) is 30.3 Å². The average Bonchev–Trinajstić information content (AvgIpc) is 2.59. The predicted molar refractivity (Wildman–Crippen MR) is 87.9 cm³/mol. The van der Waals surface area contributed by atoms with Gasteiger partial charge in [0.15, 0.2) is 11.6 Å². The summed E-state index contributed by atoms with van der Waals surface area (Å²) in [4.78, 5) is 0.0388. The molecule has 0 spiro atoms. The van der Waals surface area contributed by atoms with Crippen LogP contribution >= 0.6 is 0 Å². The van der Waals surface area contributed by atoms with Crippen molar-refractivity contribution in [3.63, 3.8) is 0 Å². The van der Waals surface area contributed by atoms with E-state index in [9.17, 15) is 12.8 Å². The van der Waals surface area contributed by atoms with Crippen LogP contribution in [0.4, 0.5) is 4.39 Å². The van der Waals surface area contributed by atoms with Crippen LogP contribution in [-0.4, -0.2) is 28.7 Å². The van der Waals surface area contributed by atoms with E-state index in [2.05, 4.69) is 16.6 Å². The van der Waals surface area contributed by atoms with Gasteiger partial charge in [-0.3, -0.25) is 0 Å². The molecule has 0 unspecified atom stereocenters. The van der Waals surface area contributed by atoms with Gasteiger partial charge in [-0.25, -0.2) is 12.8 Å². The van der Waals surface area contributed by atoms with Crippen molar-refractivity contribution < 1.29 is 22.3 Å². The summed E-state index contributed by atoms with van der Waals surface area (Å²) in [5.74, 6) is 5.10. The summed E-state index contributed by atoms with van der Waals surface area (Å²) >= 11 is 0. The Bertz CT molecular complexity index is 856. The summed E-state index contributed by atoms with van der Waals surface area (Å²) in [5, 5.41) is 0. The van der Waals surface area contributed by atoms with Crippen molar-refractivity contribution >= 4 is 10.0 Å². The molecule has 0 bridgehead atoms. The summed E-state index contributed by atoms with van der Waals surface area (Å²) in [6, 6.07) is 12.3. The van der Waals surface area contributed by atoms with Gasteiger partial charge in [-0.15, -0.1) is 0 Å². The number of hydrogen-bond acceptors (Lipinski definition) is 4. The summed E-state index contributed by atoms with van der Waals surface area (Å²) in [7, 11) is -2.33. The van der Waals surface area contributed by atoms with Crippen molar-refractivity contribution in [3.8, 4) is 23.3 Å². The van der Waals surface area contributed by atoms with E-state index in [1.165, 1.54) is 25.3 Å². The van der Waals surface area contributed by atoms with E-state index in [0.29, 0.717) is 0 Å². The molecule has 0 radical (unpaired) electrons. The zero-order valence-corrected chi connectivity index (χ0v) is 13.8. The molecule has 0 aromatic heterocycles. The van der Waals surface area contributed by atoms with Crippen LogP contribution in [0.2, 0.25) is 0 Å². The van der Waals surface area contributed by atoms with Gasteiger partial charge in [-0.1, -0.05) is 36.1 Å². The molecule has 7 heteroatoms. The largest absolute Gasteiger partial charge is 0.495 e. The lowest BCUT2D eigenvalue weighted by Gasteiger charge is -2.08. The van der Waals surface area contributed by atoms with Crippen LogP contribution in [0.3, 0.4) is 0 Å². The fourth-order valence-electron chi connectivity index (χ4n) is 1.84. The average molecular weight is 349 g/mol. The number of para-hydroxylation sites is 2. The zero-order valence-electron chi connectivity index (χ0n) is 13.0. The maximum absolute atomic E-state index is 13.3. The van der Waals surface area contributed by atoms with Crippen molar-refractivity contribution in [2.45, 2.75) is 4.90 Å². The molecule has 0 amide bonds. The van der Waals surface area contributed by atoms with Crippen LogP contribution in [0, 0.1) is 17.7 Å². The number of benzene rings is 2. The number of hydrogen-bond donors (Lipinski definition) is 1. The standard InChI is InChI=1S/C17H16FNO4S/c1-22-16-10-4-5-11-17(16)24(20,21)19-12-6-7-13-23-15-9-3-2-8-14(15)18/h2-5,8-11,19H,12-13H2,1H3. The minimum atomic E-state index is -3.73. The molecule has 0 heterocycles.